The van der Waals surface area contributed by atoms with Gasteiger partial charge in [-0.05, 0) is 57.6 Å². The maximum absolute atomic E-state index is 12.4. The van der Waals surface area contributed by atoms with Crippen molar-refractivity contribution in [1.82, 2.24) is 9.13 Å². The molecule has 0 unspecified atom stereocenters. The molecule has 0 aliphatic heterocycles. The van der Waals surface area contributed by atoms with E-state index in [2.05, 4.69) is 51.9 Å². The molecule has 0 radical (unpaired) electrons. The lowest BCUT2D eigenvalue weighted by Gasteiger charge is -2.26. The molecular formula is C68H38N4S2. The van der Waals surface area contributed by atoms with Crippen molar-refractivity contribution < 1.29 is 16.4 Å². The molecule has 4 nitrogen and oxygen atoms in total. The number of fused-ring (bicyclic) bond motifs is 14. The third kappa shape index (κ3) is 6.11. The second kappa shape index (κ2) is 16.5. The molecular weight excluding hydrogens is 937 g/mol. The molecule has 0 saturated carbocycles. The van der Waals surface area contributed by atoms with Gasteiger partial charge in [-0.3, -0.25) is 0 Å². The molecule has 342 valence electrons. The molecule has 0 N–H and O–H groups in total. The summed E-state index contributed by atoms with van der Waals surface area (Å²) in [4.78, 5) is 4.51. The van der Waals surface area contributed by atoms with Gasteiger partial charge in [0.15, 0.2) is 0 Å². The van der Waals surface area contributed by atoms with Gasteiger partial charge in [0.1, 0.15) is 6.07 Å². The topological polar surface area (TPSA) is 38.0 Å². The highest BCUT2D eigenvalue weighted by Gasteiger charge is 2.33. The van der Waals surface area contributed by atoms with Crippen LogP contribution in [0.25, 0.3) is 145 Å². The first-order valence-electron chi connectivity index (χ1n) is 29.7. The zero-order valence-electron chi connectivity index (χ0n) is 50.6. The molecule has 15 rings (SSSR count). The van der Waals surface area contributed by atoms with Crippen LogP contribution >= 0.6 is 22.7 Å². The smallest absolute Gasteiger partial charge is 0.220 e. The van der Waals surface area contributed by atoms with Crippen LogP contribution in [0.3, 0.4) is 0 Å². The first kappa shape index (κ1) is 31.7. The Kier molecular flexibility index (Phi) is 7.07. The van der Waals surface area contributed by atoms with Crippen molar-refractivity contribution >= 4 is 112 Å². The van der Waals surface area contributed by atoms with Gasteiger partial charge in [0.2, 0.25) is 5.69 Å². The summed E-state index contributed by atoms with van der Waals surface area (Å²) < 4.78 is 117. The van der Waals surface area contributed by atoms with Crippen molar-refractivity contribution in [2.75, 3.05) is 0 Å². The normalized spacial score (nSPS) is 14.0. The molecule has 0 aliphatic rings. The van der Waals surface area contributed by atoms with Crippen LogP contribution < -0.4 is 0 Å². The summed E-state index contributed by atoms with van der Waals surface area (Å²) in [5.74, 6) is 0. The third-order valence-corrected chi connectivity index (χ3v) is 16.3. The average Bonchev–Trinajstić information content (AvgIpc) is 1.49. The first-order chi connectivity index (χ1) is 41.7. The van der Waals surface area contributed by atoms with Crippen molar-refractivity contribution in [3.05, 3.63) is 247 Å². The Labute approximate surface area is 450 Å². The first-order valence-corrected chi connectivity index (χ1v) is 25.3. The van der Waals surface area contributed by atoms with Crippen LogP contribution in [0, 0.1) is 17.9 Å². The number of aromatic nitrogens is 2. The number of nitrogens with zero attached hydrogens (tertiary/aromatic N) is 4. The summed E-state index contributed by atoms with van der Waals surface area (Å²) in [6, 6.07) is 47.9. The van der Waals surface area contributed by atoms with Gasteiger partial charge < -0.3 is 9.13 Å². The Balaban J connectivity index is 1.29. The number of hydrogen-bond acceptors (Lipinski definition) is 3. The second-order valence-electron chi connectivity index (χ2n) is 18.0. The van der Waals surface area contributed by atoms with E-state index >= 15 is 0 Å². The van der Waals surface area contributed by atoms with E-state index in [9.17, 15) is 22.8 Å². The van der Waals surface area contributed by atoms with Gasteiger partial charge in [-0.1, -0.05) is 206 Å². The Morgan fingerprint density at radius 1 is 0.419 bits per heavy atom. The molecule has 0 fully saturated rings. The van der Waals surface area contributed by atoms with Crippen LogP contribution in [0.2, 0.25) is 0 Å². The lowest BCUT2D eigenvalue weighted by Crippen LogP contribution is -2.09. The fourth-order valence-electron chi connectivity index (χ4n) is 10.9. The van der Waals surface area contributed by atoms with E-state index in [0.717, 1.165) is 55.7 Å². The lowest BCUT2D eigenvalue weighted by molar-refractivity contribution is 1.14. The monoisotopic (exact) mass is 986 g/mol. The summed E-state index contributed by atoms with van der Waals surface area (Å²) in [5.41, 5.74) is 7.40. The van der Waals surface area contributed by atoms with Gasteiger partial charge in [0.05, 0.1) is 71.4 Å². The molecule has 0 bridgehead atoms. The van der Waals surface area contributed by atoms with E-state index in [1.54, 1.807) is 4.57 Å². The molecule has 74 heavy (non-hydrogen) atoms. The van der Waals surface area contributed by atoms with E-state index in [-0.39, 0.29) is 96.7 Å². The molecule has 15 aromatic rings. The molecule has 0 amide bonds. The standard InChI is InChI=1S/C68H38N4S2/c1-70-62-60(43-22-10-4-11-23-43)55(40-69)63(72-64-51(34-36-53-49-26-14-16-28-58(49)73-67(53)64)52-35-37-54-50-27-15-17-29-59(50)74-68(54)65(52)72)61(44-24-12-5-13-25-44)66(62)71-56-38-45(41-18-6-2-7-19-41)30-32-47(56)48-33-31-46(39-57(48)71)42-20-8-3-9-21-42/h2-39H/i14D,15D,16D,17D,26D,27D,28D,29D,34D,35D,36D,37D. The fraction of sp³-hybridized carbons (Fsp3) is 0. The number of thiophene rings is 2. The van der Waals surface area contributed by atoms with Crippen LogP contribution in [-0.2, 0) is 0 Å². The third-order valence-electron chi connectivity index (χ3n) is 14.1. The van der Waals surface area contributed by atoms with Gasteiger partial charge in [-0.15, -0.1) is 22.7 Å². The largest absolute Gasteiger partial charge is 0.318 e. The number of benzene rings is 11. The van der Waals surface area contributed by atoms with E-state index in [1.807, 2.05) is 121 Å². The Morgan fingerprint density at radius 2 is 0.851 bits per heavy atom. The van der Waals surface area contributed by atoms with Crippen molar-refractivity contribution in [3.8, 4) is 62.0 Å². The van der Waals surface area contributed by atoms with Crippen LogP contribution in [0.5, 0.6) is 0 Å². The Hall–Kier alpha value is -9.56. The molecule has 4 heterocycles. The maximum atomic E-state index is 12.4. The van der Waals surface area contributed by atoms with Crippen LogP contribution in [0.15, 0.2) is 230 Å². The van der Waals surface area contributed by atoms with Gasteiger partial charge in [-0.2, -0.15) is 5.26 Å². The van der Waals surface area contributed by atoms with E-state index in [0.29, 0.717) is 33.4 Å². The molecule has 0 atom stereocenters. The summed E-state index contributed by atoms with van der Waals surface area (Å²) in [5, 5.41) is 14.2. The number of rotatable bonds is 6. The predicted molar refractivity (Wildman–Crippen MR) is 314 cm³/mol. The van der Waals surface area contributed by atoms with Crippen LogP contribution in [0.4, 0.5) is 5.69 Å². The van der Waals surface area contributed by atoms with Crippen LogP contribution in [-0.4, -0.2) is 9.13 Å². The minimum Gasteiger partial charge on any atom is -0.318 e. The quantitative estimate of drug-likeness (QED) is 0.153. The minimum absolute atomic E-state index is 0.00247. The highest BCUT2D eigenvalue weighted by Crippen LogP contribution is 2.55. The zero-order valence-corrected chi connectivity index (χ0v) is 40.2. The van der Waals surface area contributed by atoms with Gasteiger partial charge in [0, 0.05) is 63.6 Å². The number of nitriles is 1. The molecule has 0 spiro atoms. The summed E-state index contributed by atoms with van der Waals surface area (Å²) in [7, 11) is 0. The van der Waals surface area contributed by atoms with Crippen molar-refractivity contribution in [3.63, 3.8) is 0 Å². The summed E-state index contributed by atoms with van der Waals surface area (Å²) >= 11 is 1.95. The van der Waals surface area contributed by atoms with E-state index in [4.69, 9.17) is 5.48 Å². The van der Waals surface area contributed by atoms with Crippen LogP contribution in [0.1, 0.15) is 22.0 Å². The van der Waals surface area contributed by atoms with E-state index < -0.39 is 60.4 Å². The number of hydrogen-bond donors (Lipinski definition) is 0. The molecule has 6 heteroatoms. The van der Waals surface area contributed by atoms with Gasteiger partial charge in [-0.25, -0.2) is 4.85 Å². The highest BCUT2D eigenvalue weighted by atomic mass is 32.1. The molecule has 0 aliphatic carbocycles. The average molecular weight is 987 g/mol. The van der Waals surface area contributed by atoms with Gasteiger partial charge in [0.25, 0.3) is 0 Å². The lowest BCUT2D eigenvalue weighted by atomic mass is 9.88. The van der Waals surface area contributed by atoms with Crippen molar-refractivity contribution in [1.29, 1.82) is 5.26 Å². The summed E-state index contributed by atoms with van der Waals surface area (Å²) in [6.07, 6.45) is 0. The SMILES string of the molecule is [2H]c1c([2H])c([2H])c2c(sc3c2c([2H])c([2H])c2c4c([2H])c([2H])c5c(sc6c([2H])c([2H])c([2H])c([2H])c65)c4n(-c4c(C#N)c(-c5ccccc5)c([N+]#[C-])c(-n5c6cc(-c7ccccc7)ccc6c6ccc(-c7ccccc7)cc65)c4-c4ccccc4)c32)c1[2H]. The zero-order chi connectivity index (χ0) is 59.5. The Morgan fingerprint density at radius 3 is 1.31 bits per heavy atom. The van der Waals surface area contributed by atoms with Gasteiger partial charge >= 0.3 is 0 Å². The molecule has 0 saturated heterocycles. The predicted octanol–water partition coefficient (Wildman–Crippen LogP) is 19.7. The second-order valence-corrected chi connectivity index (χ2v) is 20.0. The molecule has 4 aromatic heterocycles. The Bertz CT molecular complexity index is 5370. The minimum atomic E-state index is -0.546. The highest BCUT2D eigenvalue weighted by molar-refractivity contribution is 7.27. The van der Waals surface area contributed by atoms with E-state index in [1.165, 1.54) is 0 Å². The van der Waals surface area contributed by atoms with Crippen molar-refractivity contribution in [2.45, 2.75) is 0 Å². The summed E-state index contributed by atoms with van der Waals surface area (Å²) in [6.45, 7) is 9.55. The fourth-order valence-corrected chi connectivity index (χ4v) is 13.2. The maximum Gasteiger partial charge on any atom is 0.220 e. The van der Waals surface area contributed by atoms with Crippen molar-refractivity contribution in [2.24, 2.45) is 0 Å². The molecule has 11 aromatic carbocycles.